The number of nitrogens with one attached hydrogen (secondary N) is 1. The van der Waals surface area contributed by atoms with Gasteiger partial charge in [-0.3, -0.25) is 0 Å². The fourth-order valence-electron chi connectivity index (χ4n) is 4.46. The molecule has 0 aliphatic heterocycles. The lowest BCUT2D eigenvalue weighted by Gasteiger charge is -2.27. The molecule has 0 saturated heterocycles. The van der Waals surface area contributed by atoms with E-state index in [4.69, 9.17) is 0 Å². The Bertz CT molecular complexity index is 430. The summed E-state index contributed by atoms with van der Waals surface area (Å²) in [7, 11) is 0. The lowest BCUT2D eigenvalue weighted by molar-refractivity contribution is 0.300. The lowest BCUT2D eigenvalue weighted by atomic mass is 9.94. The molecule has 3 aliphatic carbocycles. The van der Waals surface area contributed by atoms with E-state index in [1.165, 1.54) is 38.5 Å². The average molecular weight is 255 g/mol. The average Bonchev–Trinajstić information content (AvgIpc) is 3.18. The minimum Gasteiger partial charge on any atom is -0.311 e. The van der Waals surface area contributed by atoms with Gasteiger partial charge in [0.25, 0.3) is 0 Å². The molecule has 1 aromatic rings. The van der Waals surface area contributed by atoms with Crippen LogP contribution in [0.15, 0.2) is 24.3 Å². The van der Waals surface area contributed by atoms with Crippen molar-refractivity contribution in [3.05, 3.63) is 35.4 Å². The molecule has 0 heterocycles. The van der Waals surface area contributed by atoms with Gasteiger partial charge in [0.2, 0.25) is 0 Å². The molecule has 0 spiro atoms. The van der Waals surface area contributed by atoms with Crippen LogP contribution in [0.1, 0.15) is 43.7 Å². The van der Waals surface area contributed by atoms with Crippen LogP contribution in [0.4, 0.5) is 0 Å². The van der Waals surface area contributed by atoms with Crippen LogP contribution in [0.2, 0.25) is 0 Å². The van der Waals surface area contributed by atoms with Crippen molar-refractivity contribution in [2.45, 2.75) is 57.5 Å². The lowest BCUT2D eigenvalue weighted by Crippen LogP contribution is -2.44. The van der Waals surface area contributed by atoms with Crippen LogP contribution in [0.5, 0.6) is 0 Å². The molecule has 4 rings (SSSR count). The van der Waals surface area contributed by atoms with Gasteiger partial charge in [0.15, 0.2) is 0 Å². The molecule has 1 N–H and O–H groups in total. The summed E-state index contributed by atoms with van der Waals surface area (Å²) in [4.78, 5) is 0. The van der Waals surface area contributed by atoms with Gasteiger partial charge in [-0.1, -0.05) is 24.3 Å². The van der Waals surface area contributed by atoms with Gasteiger partial charge in [-0.25, -0.2) is 0 Å². The second-order valence-electron chi connectivity index (χ2n) is 7.09. The Balaban J connectivity index is 1.55. The summed E-state index contributed by atoms with van der Waals surface area (Å²) in [5.74, 6) is 2.75. The highest BCUT2D eigenvalue weighted by Crippen LogP contribution is 2.41. The largest absolute Gasteiger partial charge is 0.311 e. The first kappa shape index (κ1) is 12.0. The number of hydrogen-bond acceptors (Lipinski definition) is 1. The minimum atomic E-state index is 0.745. The van der Waals surface area contributed by atoms with E-state index in [9.17, 15) is 0 Å². The fourth-order valence-corrected chi connectivity index (χ4v) is 4.46. The molecule has 3 aliphatic rings. The Morgan fingerprint density at radius 2 is 1.53 bits per heavy atom. The summed E-state index contributed by atoms with van der Waals surface area (Å²) in [6.07, 6.45) is 8.40. The first-order chi connectivity index (χ1) is 9.31. The quantitative estimate of drug-likeness (QED) is 0.870. The minimum absolute atomic E-state index is 0.745. The number of rotatable bonds is 3. The zero-order chi connectivity index (χ0) is 12.8. The summed E-state index contributed by atoms with van der Waals surface area (Å²) in [5, 5.41) is 4.02. The topological polar surface area (TPSA) is 12.0 Å². The maximum atomic E-state index is 4.02. The van der Waals surface area contributed by atoms with Crippen molar-refractivity contribution in [2.24, 2.45) is 17.8 Å². The van der Waals surface area contributed by atoms with Gasteiger partial charge < -0.3 is 5.32 Å². The number of benzene rings is 1. The molecule has 1 nitrogen and oxygen atoms in total. The standard InChI is InChI=1S/C18H25N/c1-12(13-6-7-13)19-18-16-8-9-17(18)11-15-5-3-2-4-14(15)10-16/h2-5,12-13,16-19H,6-11H2,1H3. The van der Waals surface area contributed by atoms with Gasteiger partial charge in [0, 0.05) is 12.1 Å². The summed E-state index contributed by atoms with van der Waals surface area (Å²) in [6, 6.07) is 10.7. The second kappa shape index (κ2) is 4.63. The maximum absolute atomic E-state index is 4.02. The van der Waals surface area contributed by atoms with Crippen LogP contribution in [0.3, 0.4) is 0 Å². The van der Waals surface area contributed by atoms with Crippen LogP contribution in [-0.4, -0.2) is 12.1 Å². The number of hydrogen-bond donors (Lipinski definition) is 1. The third kappa shape index (κ3) is 2.23. The van der Waals surface area contributed by atoms with Crippen molar-refractivity contribution in [3.63, 3.8) is 0 Å². The van der Waals surface area contributed by atoms with Gasteiger partial charge >= 0.3 is 0 Å². The molecule has 3 unspecified atom stereocenters. The third-order valence-corrected chi connectivity index (χ3v) is 5.79. The van der Waals surface area contributed by atoms with Crippen molar-refractivity contribution < 1.29 is 0 Å². The van der Waals surface area contributed by atoms with Crippen LogP contribution >= 0.6 is 0 Å². The molecule has 19 heavy (non-hydrogen) atoms. The highest BCUT2D eigenvalue weighted by atomic mass is 15.0. The molecule has 102 valence electrons. The third-order valence-electron chi connectivity index (χ3n) is 5.79. The highest BCUT2D eigenvalue weighted by molar-refractivity contribution is 5.30. The zero-order valence-electron chi connectivity index (χ0n) is 11.9. The molecule has 1 heteroatoms. The molecular weight excluding hydrogens is 230 g/mol. The van der Waals surface area contributed by atoms with Crippen molar-refractivity contribution >= 4 is 0 Å². The Hall–Kier alpha value is -0.820. The maximum Gasteiger partial charge on any atom is 0.0132 e. The van der Waals surface area contributed by atoms with E-state index in [1.54, 1.807) is 11.1 Å². The SMILES string of the molecule is CC(NC1C2CCC1Cc1ccccc1C2)C1CC1. The van der Waals surface area contributed by atoms with Crippen molar-refractivity contribution in [2.75, 3.05) is 0 Å². The molecule has 0 aromatic heterocycles. The first-order valence-corrected chi connectivity index (χ1v) is 8.14. The molecular formula is C18H25N. The van der Waals surface area contributed by atoms with E-state index in [-0.39, 0.29) is 0 Å². The van der Waals surface area contributed by atoms with Gasteiger partial charge in [0.05, 0.1) is 0 Å². The van der Waals surface area contributed by atoms with Crippen LogP contribution < -0.4 is 5.32 Å². The summed E-state index contributed by atoms with van der Waals surface area (Å²) >= 11 is 0. The van der Waals surface area contributed by atoms with Gasteiger partial charge in [-0.05, 0) is 74.3 Å². The first-order valence-electron chi connectivity index (χ1n) is 8.14. The van der Waals surface area contributed by atoms with Crippen LogP contribution in [0.25, 0.3) is 0 Å². The smallest absolute Gasteiger partial charge is 0.0132 e. The van der Waals surface area contributed by atoms with Gasteiger partial charge in [0.1, 0.15) is 0 Å². The Kier molecular flexibility index (Phi) is 2.91. The van der Waals surface area contributed by atoms with Gasteiger partial charge in [-0.15, -0.1) is 0 Å². The second-order valence-corrected chi connectivity index (χ2v) is 7.09. The van der Waals surface area contributed by atoms with Crippen molar-refractivity contribution in [1.82, 2.24) is 5.32 Å². The Morgan fingerprint density at radius 3 is 2.05 bits per heavy atom. The van der Waals surface area contributed by atoms with E-state index in [0.717, 1.165) is 29.8 Å². The van der Waals surface area contributed by atoms with E-state index in [2.05, 4.69) is 36.5 Å². The van der Waals surface area contributed by atoms with Crippen LogP contribution in [-0.2, 0) is 12.8 Å². The predicted octanol–water partition coefficient (Wildman–Crippen LogP) is 3.57. The van der Waals surface area contributed by atoms with Crippen molar-refractivity contribution in [3.8, 4) is 0 Å². The van der Waals surface area contributed by atoms with E-state index in [1.807, 2.05) is 0 Å². The van der Waals surface area contributed by atoms with Crippen molar-refractivity contribution in [1.29, 1.82) is 0 Å². The zero-order valence-corrected chi connectivity index (χ0v) is 11.9. The van der Waals surface area contributed by atoms with E-state index >= 15 is 0 Å². The molecule has 2 bridgehead atoms. The van der Waals surface area contributed by atoms with Crippen LogP contribution in [0, 0.1) is 17.8 Å². The summed E-state index contributed by atoms with van der Waals surface area (Å²) in [6.45, 7) is 2.41. The fraction of sp³-hybridized carbons (Fsp3) is 0.667. The predicted molar refractivity (Wildman–Crippen MR) is 79.2 cm³/mol. The molecule has 3 atom stereocenters. The Labute approximate surface area is 116 Å². The summed E-state index contributed by atoms with van der Waals surface area (Å²) < 4.78 is 0. The normalized spacial score (nSPS) is 34.7. The molecule has 2 saturated carbocycles. The number of fused-ring (bicyclic) bond motifs is 3. The van der Waals surface area contributed by atoms with E-state index < -0.39 is 0 Å². The van der Waals surface area contributed by atoms with Gasteiger partial charge in [-0.2, -0.15) is 0 Å². The molecule has 2 fully saturated rings. The monoisotopic (exact) mass is 255 g/mol. The molecule has 1 aromatic carbocycles. The Morgan fingerprint density at radius 1 is 0.947 bits per heavy atom. The van der Waals surface area contributed by atoms with E-state index in [0.29, 0.717) is 0 Å². The molecule has 0 amide bonds. The summed E-state index contributed by atoms with van der Waals surface area (Å²) in [5.41, 5.74) is 3.25. The molecule has 0 radical (unpaired) electrons. The highest BCUT2D eigenvalue weighted by Gasteiger charge is 2.40.